The van der Waals surface area contributed by atoms with Gasteiger partial charge in [-0.2, -0.15) is 5.26 Å². The van der Waals surface area contributed by atoms with Crippen molar-refractivity contribution in [2.24, 2.45) is 5.73 Å². The van der Waals surface area contributed by atoms with Gasteiger partial charge in [-0.1, -0.05) is 30.3 Å². The molecule has 0 aliphatic carbocycles. The van der Waals surface area contributed by atoms with Crippen molar-refractivity contribution in [1.29, 1.82) is 5.26 Å². The van der Waals surface area contributed by atoms with E-state index < -0.39 is 0 Å². The topological polar surface area (TPSA) is 56.3 Å². The van der Waals surface area contributed by atoms with E-state index in [9.17, 15) is 0 Å². The van der Waals surface area contributed by atoms with Gasteiger partial charge in [-0.05, 0) is 5.56 Å². The molecule has 1 aromatic carbocycles. The summed E-state index contributed by atoms with van der Waals surface area (Å²) in [5, 5.41) is 8.57. The van der Waals surface area contributed by atoms with E-state index in [1.165, 1.54) is 11.6 Å². The van der Waals surface area contributed by atoms with Crippen molar-refractivity contribution in [1.82, 2.24) is 9.80 Å². The van der Waals surface area contributed by atoms with Crippen LogP contribution in [-0.4, -0.2) is 36.0 Å². The summed E-state index contributed by atoms with van der Waals surface area (Å²) in [6, 6.07) is 12.4. The Morgan fingerprint density at radius 3 is 2.50 bits per heavy atom. The molecule has 1 saturated heterocycles. The maximum atomic E-state index is 8.57. The summed E-state index contributed by atoms with van der Waals surface area (Å²) >= 11 is 0. The zero-order chi connectivity index (χ0) is 12.8. The van der Waals surface area contributed by atoms with Crippen LogP contribution in [0, 0.1) is 11.3 Å². The Balaban J connectivity index is 1.84. The van der Waals surface area contributed by atoms with E-state index in [-0.39, 0.29) is 0 Å². The molecule has 1 aliphatic heterocycles. The van der Waals surface area contributed by atoms with Gasteiger partial charge >= 0.3 is 0 Å². The highest BCUT2D eigenvalue weighted by Crippen LogP contribution is 2.09. The average Bonchev–Trinajstić information content (AvgIpc) is 2.41. The zero-order valence-electron chi connectivity index (χ0n) is 10.4. The van der Waals surface area contributed by atoms with Crippen molar-refractivity contribution in [2.45, 2.75) is 6.54 Å². The first-order chi connectivity index (χ1) is 8.79. The fraction of sp³-hybridized carbons (Fsp3) is 0.357. The normalized spacial score (nSPS) is 17.5. The maximum Gasteiger partial charge on any atom is 0.109 e. The van der Waals surface area contributed by atoms with E-state index in [4.69, 9.17) is 11.0 Å². The molecule has 0 aromatic heterocycles. The lowest BCUT2D eigenvalue weighted by Gasteiger charge is -2.35. The van der Waals surface area contributed by atoms with Crippen LogP contribution < -0.4 is 5.73 Å². The van der Waals surface area contributed by atoms with Crippen LogP contribution in [0.5, 0.6) is 0 Å². The quantitative estimate of drug-likeness (QED) is 0.807. The molecule has 0 amide bonds. The van der Waals surface area contributed by atoms with Gasteiger partial charge in [-0.3, -0.25) is 4.90 Å². The van der Waals surface area contributed by atoms with Gasteiger partial charge < -0.3 is 10.6 Å². The van der Waals surface area contributed by atoms with E-state index in [2.05, 4.69) is 34.1 Å². The molecule has 4 heteroatoms. The predicted molar refractivity (Wildman–Crippen MR) is 71.2 cm³/mol. The number of allylic oxidation sites excluding steroid dienone is 1. The standard InChI is InChI=1S/C14H18N4/c15-7-6-14(16)18-10-8-17(9-11-18)12-13-4-2-1-3-5-13/h1-6H,8-12,16H2. The molecule has 1 aromatic rings. The maximum absolute atomic E-state index is 8.57. The first-order valence-electron chi connectivity index (χ1n) is 6.16. The first kappa shape index (κ1) is 12.5. The molecule has 0 unspecified atom stereocenters. The summed E-state index contributed by atoms with van der Waals surface area (Å²) in [5.41, 5.74) is 7.14. The third kappa shape index (κ3) is 3.25. The van der Waals surface area contributed by atoms with Crippen LogP contribution in [0.25, 0.3) is 0 Å². The first-order valence-corrected chi connectivity index (χ1v) is 6.16. The van der Waals surface area contributed by atoms with E-state index in [0.717, 1.165) is 32.7 Å². The Bertz CT molecular complexity index is 439. The monoisotopic (exact) mass is 242 g/mol. The molecule has 94 valence electrons. The lowest BCUT2D eigenvalue weighted by Crippen LogP contribution is -2.46. The van der Waals surface area contributed by atoms with Gasteiger partial charge in [0.05, 0.1) is 12.1 Å². The van der Waals surface area contributed by atoms with Crippen molar-refractivity contribution < 1.29 is 0 Å². The highest BCUT2D eigenvalue weighted by molar-refractivity contribution is 5.15. The summed E-state index contributed by atoms with van der Waals surface area (Å²) in [6.07, 6.45) is 1.41. The van der Waals surface area contributed by atoms with E-state index >= 15 is 0 Å². The Labute approximate surface area is 108 Å². The van der Waals surface area contributed by atoms with Crippen LogP contribution in [0.1, 0.15) is 5.56 Å². The van der Waals surface area contributed by atoms with Gasteiger partial charge in [0.25, 0.3) is 0 Å². The molecule has 0 spiro atoms. The van der Waals surface area contributed by atoms with Crippen LogP contribution in [0.4, 0.5) is 0 Å². The van der Waals surface area contributed by atoms with Crippen molar-refractivity contribution in [3.05, 3.63) is 47.8 Å². The van der Waals surface area contributed by atoms with E-state index in [0.29, 0.717) is 5.82 Å². The Hall–Kier alpha value is -1.99. The number of hydrogen-bond donors (Lipinski definition) is 1. The fourth-order valence-corrected chi connectivity index (χ4v) is 2.16. The second-order valence-corrected chi connectivity index (χ2v) is 4.45. The molecule has 2 N–H and O–H groups in total. The highest BCUT2D eigenvalue weighted by atomic mass is 15.3. The molecule has 0 radical (unpaired) electrons. The average molecular weight is 242 g/mol. The van der Waals surface area contributed by atoms with Crippen LogP contribution in [-0.2, 0) is 6.54 Å². The lowest BCUT2D eigenvalue weighted by atomic mass is 10.2. The van der Waals surface area contributed by atoms with Gasteiger partial charge in [-0.25, -0.2) is 0 Å². The molecule has 0 atom stereocenters. The number of nitrogens with zero attached hydrogens (tertiary/aromatic N) is 3. The minimum absolute atomic E-state index is 0.580. The number of nitriles is 1. The number of rotatable bonds is 3. The molecular formula is C14H18N4. The fourth-order valence-electron chi connectivity index (χ4n) is 2.16. The summed E-state index contributed by atoms with van der Waals surface area (Å²) in [5.74, 6) is 0.580. The van der Waals surface area contributed by atoms with E-state index in [1.807, 2.05) is 12.1 Å². The minimum atomic E-state index is 0.580. The molecule has 1 heterocycles. The van der Waals surface area contributed by atoms with Crippen molar-refractivity contribution >= 4 is 0 Å². The van der Waals surface area contributed by atoms with Crippen molar-refractivity contribution in [3.63, 3.8) is 0 Å². The molecule has 4 nitrogen and oxygen atoms in total. The van der Waals surface area contributed by atoms with Gasteiger partial charge in [0.15, 0.2) is 0 Å². The number of nitrogens with two attached hydrogens (primary N) is 1. The van der Waals surface area contributed by atoms with Gasteiger partial charge in [0.1, 0.15) is 5.82 Å². The Kier molecular flexibility index (Phi) is 4.21. The third-order valence-corrected chi connectivity index (χ3v) is 3.20. The van der Waals surface area contributed by atoms with Crippen LogP contribution in [0.15, 0.2) is 42.2 Å². The van der Waals surface area contributed by atoms with Crippen molar-refractivity contribution in [3.8, 4) is 6.07 Å². The molecular weight excluding hydrogens is 224 g/mol. The van der Waals surface area contributed by atoms with Crippen LogP contribution >= 0.6 is 0 Å². The predicted octanol–water partition coefficient (Wildman–Crippen LogP) is 1.13. The summed E-state index contributed by atoms with van der Waals surface area (Å²) < 4.78 is 0. The molecule has 1 fully saturated rings. The zero-order valence-corrected chi connectivity index (χ0v) is 10.4. The SMILES string of the molecule is N#CC=C(N)N1CCN(Cc2ccccc2)CC1. The number of benzene rings is 1. The molecule has 18 heavy (non-hydrogen) atoms. The molecule has 1 aliphatic rings. The van der Waals surface area contributed by atoms with Crippen LogP contribution in [0.2, 0.25) is 0 Å². The van der Waals surface area contributed by atoms with Gasteiger partial charge in [0.2, 0.25) is 0 Å². The second-order valence-electron chi connectivity index (χ2n) is 4.45. The molecule has 0 bridgehead atoms. The van der Waals surface area contributed by atoms with Crippen molar-refractivity contribution in [2.75, 3.05) is 26.2 Å². The summed E-state index contributed by atoms with van der Waals surface area (Å²) in [7, 11) is 0. The summed E-state index contributed by atoms with van der Waals surface area (Å²) in [6.45, 7) is 4.72. The van der Waals surface area contributed by atoms with Crippen LogP contribution in [0.3, 0.4) is 0 Å². The Morgan fingerprint density at radius 1 is 1.22 bits per heavy atom. The minimum Gasteiger partial charge on any atom is -0.385 e. The summed E-state index contributed by atoms with van der Waals surface area (Å²) in [4.78, 5) is 4.47. The highest BCUT2D eigenvalue weighted by Gasteiger charge is 2.17. The van der Waals surface area contributed by atoms with Gasteiger partial charge in [0, 0.05) is 32.7 Å². The number of hydrogen-bond acceptors (Lipinski definition) is 4. The largest absolute Gasteiger partial charge is 0.385 e. The van der Waals surface area contributed by atoms with E-state index in [1.54, 1.807) is 0 Å². The van der Waals surface area contributed by atoms with Gasteiger partial charge in [-0.15, -0.1) is 0 Å². The third-order valence-electron chi connectivity index (χ3n) is 3.20. The number of piperazine rings is 1. The molecule has 2 rings (SSSR count). The second kappa shape index (κ2) is 6.08. The smallest absolute Gasteiger partial charge is 0.109 e. The lowest BCUT2D eigenvalue weighted by molar-refractivity contribution is 0.152. The molecule has 0 saturated carbocycles. The Morgan fingerprint density at radius 2 is 1.89 bits per heavy atom.